The van der Waals surface area contributed by atoms with Gasteiger partial charge in [0.1, 0.15) is 11.3 Å². The highest BCUT2D eigenvalue weighted by atomic mass is 16.5. The van der Waals surface area contributed by atoms with Crippen molar-refractivity contribution in [3.8, 4) is 0 Å². The smallest absolute Gasteiger partial charge is 0.137 e. The largest absolute Gasteiger partial charge is 0.461 e. The van der Waals surface area contributed by atoms with Crippen LogP contribution in [0.5, 0.6) is 0 Å². The minimum Gasteiger partial charge on any atom is -0.461 e. The molecule has 1 N–H and O–H groups in total. The Kier molecular flexibility index (Phi) is 7.15. The van der Waals surface area contributed by atoms with Gasteiger partial charge in [0.25, 0.3) is 0 Å². The normalized spacial score (nSPS) is 19.3. The zero-order valence-electron chi connectivity index (χ0n) is 16.7. The van der Waals surface area contributed by atoms with Gasteiger partial charge in [-0.05, 0) is 68.2 Å². The summed E-state index contributed by atoms with van der Waals surface area (Å²) < 4.78 is 11.6. The fourth-order valence-electron chi connectivity index (χ4n) is 4.41. The Hall–Kier alpha value is -1.32. The molecule has 0 saturated carbocycles. The van der Waals surface area contributed by atoms with Crippen LogP contribution in [0.1, 0.15) is 63.2 Å². The number of furan rings is 1. The number of piperidine rings is 1. The van der Waals surface area contributed by atoms with Gasteiger partial charge in [0.2, 0.25) is 0 Å². The van der Waals surface area contributed by atoms with E-state index in [0.29, 0.717) is 17.8 Å². The van der Waals surface area contributed by atoms with Crippen LogP contribution < -0.4 is 5.32 Å². The summed E-state index contributed by atoms with van der Waals surface area (Å²) in [5, 5.41) is 4.88. The van der Waals surface area contributed by atoms with Crippen molar-refractivity contribution in [1.29, 1.82) is 0 Å². The molecule has 3 heteroatoms. The highest BCUT2D eigenvalue weighted by Gasteiger charge is 2.27. The molecule has 0 amide bonds. The summed E-state index contributed by atoms with van der Waals surface area (Å²) >= 11 is 0. The molecular formula is C23H35NO2. The molecule has 3 nitrogen and oxygen atoms in total. The number of methoxy groups -OCH3 is 1. The van der Waals surface area contributed by atoms with Gasteiger partial charge in [-0.15, -0.1) is 0 Å². The van der Waals surface area contributed by atoms with Crippen molar-refractivity contribution in [1.82, 2.24) is 5.32 Å². The standard InChI is InChI=1S/C23H35NO2/c1-17(2)14-20-15-18-8-6-11-22(23(18)26-20)21(10-4-5-13-25-3)19-9-7-12-24-16-19/h6,8,11,15,17,19,21,24H,4-5,7,9-10,12-14,16H2,1-3H3/t19-,21-/m0/s1. The number of unbranched alkanes of at least 4 members (excludes halogenated alkanes) is 1. The second-order valence-electron chi connectivity index (χ2n) is 8.28. The summed E-state index contributed by atoms with van der Waals surface area (Å²) in [6, 6.07) is 8.97. The summed E-state index contributed by atoms with van der Waals surface area (Å²) in [5.74, 6) is 3.02. The molecule has 2 heterocycles. The lowest BCUT2D eigenvalue weighted by Gasteiger charge is -2.31. The monoisotopic (exact) mass is 357 g/mol. The lowest BCUT2D eigenvalue weighted by molar-refractivity contribution is 0.189. The first-order valence-corrected chi connectivity index (χ1v) is 10.4. The van der Waals surface area contributed by atoms with Crippen molar-refractivity contribution in [3.05, 3.63) is 35.6 Å². The highest BCUT2D eigenvalue weighted by Crippen LogP contribution is 2.38. The fourth-order valence-corrected chi connectivity index (χ4v) is 4.41. The Bertz CT molecular complexity index is 670. The molecule has 3 rings (SSSR count). The van der Waals surface area contributed by atoms with E-state index in [-0.39, 0.29) is 0 Å². The van der Waals surface area contributed by atoms with Gasteiger partial charge in [0.15, 0.2) is 0 Å². The third kappa shape index (κ3) is 4.89. The van der Waals surface area contributed by atoms with Crippen molar-refractivity contribution in [2.45, 2.75) is 58.3 Å². The topological polar surface area (TPSA) is 34.4 Å². The summed E-state index contributed by atoms with van der Waals surface area (Å²) in [6.07, 6.45) is 7.18. The predicted molar refractivity (Wildman–Crippen MR) is 109 cm³/mol. The Morgan fingerprint density at radius 3 is 2.88 bits per heavy atom. The van der Waals surface area contributed by atoms with Crippen LogP contribution in [0.2, 0.25) is 0 Å². The first-order valence-electron chi connectivity index (χ1n) is 10.4. The predicted octanol–water partition coefficient (Wildman–Crippen LogP) is 5.53. The molecule has 0 bridgehead atoms. The molecule has 0 aliphatic carbocycles. The third-order valence-electron chi connectivity index (χ3n) is 5.65. The number of para-hydroxylation sites is 1. The SMILES string of the molecule is COCCCC[C@H](c1cccc2cc(CC(C)C)oc12)[C@H]1CCCNC1. The maximum Gasteiger partial charge on any atom is 0.137 e. The molecule has 1 fully saturated rings. The summed E-state index contributed by atoms with van der Waals surface area (Å²) in [7, 11) is 1.79. The summed E-state index contributed by atoms with van der Waals surface area (Å²) in [5.41, 5.74) is 2.55. The van der Waals surface area contributed by atoms with Crippen LogP contribution in [-0.4, -0.2) is 26.8 Å². The van der Waals surface area contributed by atoms with Gasteiger partial charge in [-0.1, -0.05) is 38.5 Å². The van der Waals surface area contributed by atoms with Gasteiger partial charge in [-0.2, -0.15) is 0 Å². The lowest BCUT2D eigenvalue weighted by atomic mass is 9.78. The highest BCUT2D eigenvalue weighted by molar-refractivity contribution is 5.81. The van der Waals surface area contributed by atoms with E-state index in [4.69, 9.17) is 9.15 Å². The zero-order chi connectivity index (χ0) is 18.4. The van der Waals surface area contributed by atoms with E-state index >= 15 is 0 Å². The van der Waals surface area contributed by atoms with Crippen LogP contribution in [0.4, 0.5) is 0 Å². The molecule has 0 unspecified atom stereocenters. The van der Waals surface area contributed by atoms with E-state index in [2.05, 4.69) is 43.4 Å². The number of ether oxygens (including phenoxy) is 1. The second kappa shape index (κ2) is 9.57. The maximum absolute atomic E-state index is 6.36. The summed E-state index contributed by atoms with van der Waals surface area (Å²) in [6.45, 7) is 7.65. The lowest BCUT2D eigenvalue weighted by Crippen LogP contribution is -2.33. The first kappa shape index (κ1) is 19.4. The minimum absolute atomic E-state index is 0.571. The molecule has 1 aliphatic rings. The number of hydrogen-bond donors (Lipinski definition) is 1. The van der Waals surface area contributed by atoms with Gasteiger partial charge in [0, 0.05) is 25.5 Å². The molecule has 0 spiro atoms. The van der Waals surface area contributed by atoms with Gasteiger partial charge in [0.05, 0.1) is 0 Å². The molecule has 26 heavy (non-hydrogen) atoms. The molecule has 144 valence electrons. The average molecular weight is 358 g/mol. The van der Waals surface area contributed by atoms with Crippen LogP contribution in [-0.2, 0) is 11.2 Å². The van der Waals surface area contributed by atoms with Crippen LogP contribution in [0.3, 0.4) is 0 Å². The number of benzene rings is 1. The summed E-state index contributed by atoms with van der Waals surface area (Å²) in [4.78, 5) is 0. The number of nitrogens with one attached hydrogen (secondary N) is 1. The van der Waals surface area contributed by atoms with Crippen molar-refractivity contribution in [2.75, 3.05) is 26.8 Å². The van der Waals surface area contributed by atoms with E-state index in [1.54, 1.807) is 7.11 Å². The number of fused-ring (bicyclic) bond motifs is 1. The van der Waals surface area contributed by atoms with Crippen LogP contribution >= 0.6 is 0 Å². The van der Waals surface area contributed by atoms with E-state index < -0.39 is 0 Å². The molecule has 1 saturated heterocycles. The van der Waals surface area contributed by atoms with E-state index in [1.165, 1.54) is 36.6 Å². The van der Waals surface area contributed by atoms with Crippen LogP contribution in [0.25, 0.3) is 11.0 Å². The molecule has 1 aromatic heterocycles. The van der Waals surface area contributed by atoms with Crippen molar-refractivity contribution in [3.63, 3.8) is 0 Å². The first-order chi connectivity index (χ1) is 12.7. The third-order valence-corrected chi connectivity index (χ3v) is 5.65. The van der Waals surface area contributed by atoms with E-state index in [0.717, 1.165) is 43.9 Å². The average Bonchev–Trinajstić information content (AvgIpc) is 3.04. The van der Waals surface area contributed by atoms with Gasteiger partial charge < -0.3 is 14.5 Å². The van der Waals surface area contributed by atoms with Crippen LogP contribution in [0.15, 0.2) is 28.7 Å². The zero-order valence-corrected chi connectivity index (χ0v) is 16.7. The van der Waals surface area contributed by atoms with Gasteiger partial charge in [-0.25, -0.2) is 0 Å². The molecule has 2 aromatic rings. The van der Waals surface area contributed by atoms with E-state index in [9.17, 15) is 0 Å². The Labute approximate surface area is 158 Å². The molecular weight excluding hydrogens is 322 g/mol. The molecule has 1 aromatic carbocycles. The number of hydrogen-bond acceptors (Lipinski definition) is 3. The number of rotatable bonds is 9. The fraction of sp³-hybridized carbons (Fsp3) is 0.652. The van der Waals surface area contributed by atoms with Crippen molar-refractivity contribution in [2.24, 2.45) is 11.8 Å². The Morgan fingerprint density at radius 2 is 2.15 bits per heavy atom. The van der Waals surface area contributed by atoms with Crippen LogP contribution in [0, 0.1) is 11.8 Å². The van der Waals surface area contributed by atoms with Crippen molar-refractivity contribution < 1.29 is 9.15 Å². The molecule has 1 aliphatic heterocycles. The quantitative estimate of drug-likeness (QED) is 0.599. The van der Waals surface area contributed by atoms with Crippen molar-refractivity contribution >= 4 is 11.0 Å². The second-order valence-corrected chi connectivity index (χ2v) is 8.28. The van der Waals surface area contributed by atoms with E-state index in [1.807, 2.05) is 0 Å². The maximum atomic E-state index is 6.36. The van der Waals surface area contributed by atoms with Gasteiger partial charge in [-0.3, -0.25) is 0 Å². The Balaban J connectivity index is 1.87. The molecule has 2 atom stereocenters. The minimum atomic E-state index is 0.571. The molecule has 0 radical (unpaired) electrons. The van der Waals surface area contributed by atoms with Gasteiger partial charge >= 0.3 is 0 Å². The Morgan fingerprint density at radius 1 is 1.27 bits per heavy atom.